The van der Waals surface area contributed by atoms with Gasteiger partial charge in [-0.25, -0.2) is 4.79 Å². The summed E-state index contributed by atoms with van der Waals surface area (Å²) in [6.07, 6.45) is 2.21. The van der Waals surface area contributed by atoms with E-state index in [1.165, 1.54) is 5.56 Å². The summed E-state index contributed by atoms with van der Waals surface area (Å²) in [5.74, 6) is -1.60. The van der Waals surface area contributed by atoms with Gasteiger partial charge in [-0.2, -0.15) is 9.78 Å². The zero-order valence-corrected chi connectivity index (χ0v) is 11.6. The fraction of sp³-hybridized carbons (Fsp3) is 0.533. The van der Waals surface area contributed by atoms with E-state index in [9.17, 15) is 4.79 Å². The normalized spacial score (nSPS) is 17.0. The molecule has 1 aromatic carbocycles. The lowest BCUT2D eigenvalue weighted by atomic mass is 10.0. The number of hydrogen-bond donors (Lipinski definition) is 0. The Balaban J connectivity index is 1.81. The Morgan fingerprint density at radius 1 is 1.21 bits per heavy atom. The Hall–Kier alpha value is -1.39. The van der Waals surface area contributed by atoms with E-state index in [1.807, 2.05) is 39.0 Å². The van der Waals surface area contributed by atoms with Crippen LogP contribution in [0.2, 0.25) is 0 Å². The number of hydrogen-bond acceptors (Lipinski definition) is 4. The zero-order valence-electron chi connectivity index (χ0n) is 11.6. The average molecular weight is 264 g/mol. The van der Waals surface area contributed by atoms with Crippen molar-refractivity contribution in [3.05, 3.63) is 35.9 Å². The minimum absolute atomic E-state index is 0.437. The number of esters is 1. The summed E-state index contributed by atoms with van der Waals surface area (Å²) in [4.78, 5) is 21.6. The molecule has 4 heteroatoms. The highest BCUT2D eigenvalue weighted by Crippen LogP contribution is 2.37. The fourth-order valence-corrected chi connectivity index (χ4v) is 1.83. The van der Waals surface area contributed by atoms with E-state index in [0.717, 1.165) is 12.8 Å². The molecule has 0 N–H and O–H groups in total. The van der Waals surface area contributed by atoms with Gasteiger partial charge in [0, 0.05) is 6.42 Å². The Morgan fingerprint density at radius 3 is 2.37 bits per heavy atom. The lowest BCUT2D eigenvalue weighted by molar-refractivity contribution is -0.163. The summed E-state index contributed by atoms with van der Waals surface area (Å²) in [5.41, 5.74) is 0.709. The molecule has 1 aromatic rings. The predicted octanol–water partition coefficient (Wildman–Crippen LogP) is 3.01. The summed E-state index contributed by atoms with van der Waals surface area (Å²) in [7, 11) is 0. The van der Waals surface area contributed by atoms with Crippen LogP contribution >= 0.6 is 0 Å². The van der Waals surface area contributed by atoms with Crippen molar-refractivity contribution in [1.29, 1.82) is 0 Å². The molecule has 1 heterocycles. The molecule has 19 heavy (non-hydrogen) atoms. The topological polar surface area (TPSA) is 51.4 Å². The maximum absolute atomic E-state index is 11.9. The van der Waals surface area contributed by atoms with E-state index in [-0.39, 0.29) is 0 Å². The smallest absolute Gasteiger partial charge is 0.373 e. The molecule has 0 saturated carbocycles. The maximum Gasteiger partial charge on any atom is 0.373 e. The molecular weight excluding hydrogens is 244 g/mol. The van der Waals surface area contributed by atoms with Crippen molar-refractivity contribution in [3.8, 4) is 0 Å². The number of rotatable bonds is 5. The largest absolute Gasteiger partial charge is 0.456 e. The van der Waals surface area contributed by atoms with Gasteiger partial charge in [0.05, 0.1) is 0 Å². The molecule has 0 atom stereocenters. The van der Waals surface area contributed by atoms with E-state index in [2.05, 4.69) is 12.1 Å². The van der Waals surface area contributed by atoms with E-state index in [4.69, 9.17) is 14.5 Å². The van der Waals surface area contributed by atoms with Crippen molar-refractivity contribution >= 4 is 5.97 Å². The quantitative estimate of drug-likeness (QED) is 0.466. The molecule has 1 fully saturated rings. The van der Waals surface area contributed by atoms with Crippen molar-refractivity contribution in [2.75, 3.05) is 0 Å². The summed E-state index contributed by atoms with van der Waals surface area (Å²) < 4.78 is 5.28. The highest BCUT2D eigenvalue weighted by molar-refractivity contribution is 5.79. The predicted molar refractivity (Wildman–Crippen MR) is 70.1 cm³/mol. The van der Waals surface area contributed by atoms with Gasteiger partial charge < -0.3 is 4.74 Å². The lowest BCUT2D eigenvalue weighted by Crippen LogP contribution is -2.34. The lowest BCUT2D eigenvalue weighted by Gasteiger charge is -2.20. The van der Waals surface area contributed by atoms with Gasteiger partial charge in [0.15, 0.2) is 0 Å². The van der Waals surface area contributed by atoms with E-state index >= 15 is 0 Å². The minimum atomic E-state index is -1.16. The van der Waals surface area contributed by atoms with Gasteiger partial charge in [-0.05, 0) is 39.2 Å². The van der Waals surface area contributed by atoms with Crippen LogP contribution in [0, 0.1) is 0 Å². The Labute approximate surface area is 113 Å². The molecular formula is C15H20O4. The van der Waals surface area contributed by atoms with Crippen LogP contribution in [0.4, 0.5) is 0 Å². The standard InChI is InChI=1S/C15H20O4/c1-14(2,3)17-13(16)15(18-19-15)11-7-10-12-8-5-4-6-9-12/h4-6,8-9H,7,10-11H2,1-3H3. The maximum atomic E-state index is 11.9. The number of ether oxygens (including phenoxy) is 1. The summed E-state index contributed by atoms with van der Waals surface area (Å²) in [6, 6.07) is 10.1. The minimum Gasteiger partial charge on any atom is -0.456 e. The van der Waals surface area contributed by atoms with Gasteiger partial charge in [0.1, 0.15) is 5.60 Å². The van der Waals surface area contributed by atoms with Crippen LogP contribution in [0.5, 0.6) is 0 Å². The van der Waals surface area contributed by atoms with Crippen molar-refractivity contribution in [1.82, 2.24) is 0 Å². The second-order valence-electron chi connectivity index (χ2n) is 5.76. The SMILES string of the molecule is CC(C)(C)OC(=O)C1(CCCc2ccccc2)OO1. The Bertz CT molecular complexity index is 429. The number of carbonyl (C=O) groups excluding carboxylic acids is 1. The second kappa shape index (κ2) is 5.31. The summed E-state index contributed by atoms with van der Waals surface area (Å²) >= 11 is 0. The van der Waals surface area contributed by atoms with Gasteiger partial charge in [0.25, 0.3) is 0 Å². The summed E-state index contributed by atoms with van der Waals surface area (Å²) in [5, 5.41) is 0. The van der Waals surface area contributed by atoms with Crippen LogP contribution in [-0.2, 0) is 25.7 Å². The third-order valence-electron chi connectivity index (χ3n) is 2.81. The first kappa shape index (κ1) is 14.0. The van der Waals surface area contributed by atoms with Crippen molar-refractivity contribution in [2.45, 2.75) is 51.4 Å². The first-order valence-electron chi connectivity index (χ1n) is 6.56. The van der Waals surface area contributed by atoms with Crippen LogP contribution in [0.1, 0.15) is 39.2 Å². The molecule has 0 aromatic heterocycles. The number of benzene rings is 1. The highest BCUT2D eigenvalue weighted by Gasteiger charge is 2.58. The monoisotopic (exact) mass is 264 g/mol. The van der Waals surface area contributed by atoms with Gasteiger partial charge in [-0.15, -0.1) is 0 Å². The van der Waals surface area contributed by atoms with Crippen LogP contribution in [-0.4, -0.2) is 17.4 Å². The van der Waals surface area contributed by atoms with Crippen molar-refractivity contribution in [3.63, 3.8) is 0 Å². The molecule has 1 saturated heterocycles. The Morgan fingerprint density at radius 2 is 1.84 bits per heavy atom. The van der Waals surface area contributed by atoms with E-state index in [0.29, 0.717) is 6.42 Å². The number of carbonyl (C=O) groups is 1. The highest BCUT2D eigenvalue weighted by atomic mass is 17.4. The molecule has 2 rings (SSSR count). The van der Waals surface area contributed by atoms with Crippen LogP contribution in [0.3, 0.4) is 0 Å². The van der Waals surface area contributed by atoms with Gasteiger partial charge in [-0.3, -0.25) is 0 Å². The van der Waals surface area contributed by atoms with Crippen LogP contribution in [0.15, 0.2) is 30.3 Å². The molecule has 104 valence electrons. The molecule has 0 radical (unpaired) electrons. The van der Waals surface area contributed by atoms with Gasteiger partial charge in [-0.1, -0.05) is 30.3 Å². The van der Waals surface area contributed by atoms with Crippen molar-refractivity contribution in [2.24, 2.45) is 0 Å². The van der Waals surface area contributed by atoms with Crippen LogP contribution in [0.25, 0.3) is 0 Å². The third kappa shape index (κ3) is 4.04. The molecule has 0 spiro atoms. The fourth-order valence-electron chi connectivity index (χ4n) is 1.83. The number of aryl methyl sites for hydroxylation is 1. The zero-order chi connectivity index (χ0) is 13.9. The molecule has 0 unspecified atom stereocenters. The van der Waals surface area contributed by atoms with Crippen LogP contribution < -0.4 is 0 Å². The molecule has 0 aliphatic carbocycles. The molecule has 0 bridgehead atoms. The first-order chi connectivity index (χ1) is 8.91. The third-order valence-corrected chi connectivity index (χ3v) is 2.81. The average Bonchev–Trinajstić information content (AvgIpc) is 3.09. The van der Waals surface area contributed by atoms with Crippen molar-refractivity contribution < 1.29 is 19.3 Å². The summed E-state index contributed by atoms with van der Waals surface area (Å²) in [6.45, 7) is 5.47. The Kier molecular flexibility index (Phi) is 3.92. The van der Waals surface area contributed by atoms with E-state index < -0.39 is 17.4 Å². The molecule has 0 amide bonds. The van der Waals surface area contributed by atoms with E-state index in [1.54, 1.807) is 0 Å². The molecule has 1 aliphatic rings. The molecule has 1 aliphatic heterocycles. The second-order valence-corrected chi connectivity index (χ2v) is 5.76. The first-order valence-corrected chi connectivity index (χ1v) is 6.56. The van der Waals surface area contributed by atoms with Gasteiger partial charge in [0.2, 0.25) is 0 Å². The van der Waals surface area contributed by atoms with Gasteiger partial charge >= 0.3 is 11.8 Å². The molecule has 4 nitrogen and oxygen atoms in total.